The molecule has 8 nitrogen and oxygen atoms in total. The normalized spacial score (nSPS) is 21.5. The number of nitrogens with zero attached hydrogens (tertiary/aromatic N) is 3. The lowest BCUT2D eigenvalue weighted by atomic mass is 10.1. The van der Waals surface area contributed by atoms with Crippen molar-refractivity contribution in [3.8, 4) is 0 Å². The number of halogens is 4. The molecule has 13 heteroatoms. The number of carbonyl (C=O) groups is 3. The molecule has 2 atom stereocenters. The second-order valence-corrected chi connectivity index (χ2v) is 10.1. The van der Waals surface area contributed by atoms with Crippen LogP contribution in [0.25, 0.3) is 17.0 Å². The zero-order valence-corrected chi connectivity index (χ0v) is 20.4. The van der Waals surface area contributed by atoms with Gasteiger partial charge in [0.25, 0.3) is 11.1 Å². The molecule has 2 fully saturated rings. The van der Waals surface area contributed by atoms with Crippen LogP contribution in [0.5, 0.6) is 0 Å². The van der Waals surface area contributed by atoms with E-state index in [0.29, 0.717) is 16.5 Å². The quantitative estimate of drug-likeness (QED) is 0.447. The van der Waals surface area contributed by atoms with Crippen molar-refractivity contribution in [1.29, 1.82) is 0 Å². The van der Waals surface area contributed by atoms with Gasteiger partial charge in [0.05, 0.1) is 34.8 Å². The van der Waals surface area contributed by atoms with Gasteiger partial charge in [0.2, 0.25) is 0 Å². The number of carbonyl (C=O) groups excluding carboxylic acids is 2. The first-order chi connectivity index (χ1) is 17.5. The summed E-state index contributed by atoms with van der Waals surface area (Å²) in [5.74, 6) is -1.53. The molecule has 2 aliphatic rings. The van der Waals surface area contributed by atoms with Crippen LogP contribution in [0.2, 0.25) is 5.02 Å². The van der Waals surface area contributed by atoms with E-state index in [-0.39, 0.29) is 35.0 Å². The molecular formula is C24H18ClF3N4O4S. The summed E-state index contributed by atoms with van der Waals surface area (Å²) in [7, 11) is 0. The van der Waals surface area contributed by atoms with E-state index >= 15 is 0 Å². The Kier molecular flexibility index (Phi) is 6.50. The highest BCUT2D eigenvalue weighted by molar-refractivity contribution is 8.18. The van der Waals surface area contributed by atoms with Gasteiger partial charge in [0, 0.05) is 17.0 Å². The fourth-order valence-corrected chi connectivity index (χ4v) is 5.55. The largest absolute Gasteiger partial charge is 0.480 e. The van der Waals surface area contributed by atoms with Crippen molar-refractivity contribution in [2.45, 2.75) is 31.2 Å². The number of imide groups is 1. The maximum Gasteiger partial charge on any atom is 0.416 e. The predicted octanol–water partition coefficient (Wildman–Crippen LogP) is 4.61. The Balaban J connectivity index is 1.37. The molecule has 2 saturated heterocycles. The number of amides is 2. The van der Waals surface area contributed by atoms with E-state index in [4.69, 9.17) is 16.7 Å². The van der Waals surface area contributed by atoms with Crippen LogP contribution >= 0.6 is 23.4 Å². The Labute approximate surface area is 217 Å². The summed E-state index contributed by atoms with van der Waals surface area (Å²) in [6.45, 7) is 0.0810. The number of carboxylic acid groups (broad SMARTS) is 1. The minimum Gasteiger partial charge on any atom is -0.480 e. The third-order valence-electron chi connectivity index (χ3n) is 6.26. The summed E-state index contributed by atoms with van der Waals surface area (Å²) in [6, 6.07) is 7.32. The van der Waals surface area contributed by atoms with Crippen molar-refractivity contribution >= 4 is 57.5 Å². The minimum absolute atomic E-state index is 0.0126. The average Bonchev–Trinajstić information content (AvgIpc) is 3.53. The van der Waals surface area contributed by atoms with Gasteiger partial charge < -0.3 is 10.4 Å². The first-order valence-corrected chi connectivity index (χ1v) is 12.2. The molecule has 0 bridgehead atoms. The molecule has 3 aromatic rings. The standard InChI is InChI=1S/C24H18ClF3N4O4S/c25-15-3-2-13(17(7-15)24(26,27)28)11-31-19-4-1-12(5-14(19)9-30-31)6-20-21(33)32(23(36)37-20)16-8-18(22(34)35)29-10-16/h1-7,9,16,18,29H,8,10-11H2,(H,34,35). The number of hydrogen-bond donors (Lipinski definition) is 2. The van der Waals surface area contributed by atoms with Crippen LogP contribution in [-0.2, 0) is 22.3 Å². The number of aliphatic carboxylic acids is 1. The highest BCUT2D eigenvalue weighted by Crippen LogP contribution is 2.36. The Bertz CT molecular complexity index is 1470. The summed E-state index contributed by atoms with van der Waals surface area (Å²) in [5, 5.41) is 16.3. The Morgan fingerprint density at radius 2 is 2.03 bits per heavy atom. The van der Waals surface area contributed by atoms with Crippen LogP contribution in [0.1, 0.15) is 23.1 Å². The predicted molar refractivity (Wildman–Crippen MR) is 131 cm³/mol. The van der Waals surface area contributed by atoms with E-state index in [9.17, 15) is 27.6 Å². The molecule has 0 saturated carbocycles. The fraction of sp³-hybridized carbons (Fsp3) is 0.250. The third kappa shape index (κ3) is 4.96. The van der Waals surface area contributed by atoms with Crippen LogP contribution in [0.15, 0.2) is 47.5 Å². The molecule has 2 aliphatic heterocycles. The maximum absolute atomic E-state index is 13.5. The van der Waals surface area contributed by atoms with Crippen molar-refractivity contribution < 1.29 is 32.7 Å². The lowest BCUT2D eigenvalue weighted by Gasteiger charge is -2.19. The summed E-state index contributed by atoms with van der Waals surface area (Å²) < 4.78 is 41.9. The van der Waals surface area contributed by atoms with Gasteiger partial charge in [-0.3, -0.25) is 24.0 Å². The molecule has 2 aromatic carbocycles. The van der Waals surface area contributed by atoms with E-state index in [1.54, 1.807) is 24.3 Å². The van der Waals surface area contributed by atoms with Gasteiger partial charge in [-0.1, -0.05) is 23.7 Å². The first kappa shape index (κ1) is 25.3. The summed E-state index contributed by atoms with van der Waals surface area (Å²) >= 11 is 6.54. The van der Waals surface area contributed by atoms with E-state index in [2.05, 4.69) is 10.4 Å². The summed E-state index contributed by atoms with van der Waals surface area (Å²) in [5.41, 5.74) is 0.382. The monoisotopic (exact) mass is 550 g/mol. The molecule has 37 heavy (non-hydrogen) atoms. The van der Waals surface area contributed by atoms with Crippen LogP contribution in [0, 0.1) is 0 Å². The Morgan fingerprint density at radius 1 is 1.24 bits per heavy atom. The SMILES string of the molecule is O=C(O)C1CC(N2C(=O)SC(=Cc3ccc4c(cnn4Cc4ccc(Cl)cc4C(F)(F)F)c3)C2=O)CN1. The molecule has 0 radical (unpaired) electrons. The molecule has 192 valence electrons. The summed E-state index contributed by atoms with van der Waals surface area (Å²) in [6.07, 6.45) is -1.37. The molecule has 2 N–H and O–H groups in total. The fourth-order valence-electron chi connectivity index (χ4n) is 4.48. The van der Waals surface area contributed by atoms with Gasteiger partial charge >= 0.3 is 12.1 Å². The number of nitrogens with one attached hydrogen (secondary N) is 1. The van der Waals surface area contributed by atoms with E-state index in [1.165, 1.54) is 23.0 Å². The topological polar surface area (TPSA) is 105 Å². The van der Waals surface area contributed by atoms with Crippen molar-refractivity contribution in [2.24, 2.45) is 0 Å². The molecule has 5 rings (SSSR count). The Morgan fingerprint density at radius 3 is 2.73 bits per heavy atom. The number of carboxylic acids is 1. The van der Waals surface area contributed by atoms with E-state index in [0.717, 1.165) is 22.7 Å². The lowest BCUT2D eigenvalue weighted by molar-refractivity contribution is -0.139. The van der Waals surface area contributed by atoms with Crippen LogP contribution in [0.3, 0.4) is 0 Å². The Hall–Kier alpha value is -3.35. The van der Waals surface area contributed by atoms with Gasteiger partial charge in [0.15, 0.2) is 0 Å². The molecule has 0 spiro atoms. The summed E-state index contributed by atoms with van der Waals surface area (Å²) in [4.78, 5) is 37.9. The number of rotatable bonds is 5. The van der Waals surface area contributed by atoms with Crippen molar-refractivity contribution in [2.75, 3.05) is 6.54 Å². The number of benzene rings is 2. The van der Waals surface area contributed by atoms with E-state index < -0.39 is 40.9 Å². The third-order valence-corrected chi connectivity index (χ3v) is 7.37. The van der Waals surface area contributed by atoms with Crippen molar-refractivity contribution in [3.05, 3.63) is 69.2 Å². The molecule has 0 aliphatic carbocycles. The highest BCUT2D eigenvalue weighted by Gasteiger charge is 2.44. The first-order valence-electron chi connectivity index (χ1n) is 11.1. The molecule has 3 heterocycles. The number of fused-ring (bicyclic) bond motifs is 1. The number of alkyl halides is 3. The van der Waals surface area contributed by atoms with Gasteiger partial charge in [-0.05, 0) is 59.7 Å². The van der Waals surface area contributed by atoms with Crippen LogP contribution < -0.4 is 5.32 Å². The van der Waals surface area contributed by atoms with Crippen LogP contribution in [0.4, 0.5) is 18.0 Å². The second-order valence-electron chi connectivity index (χ2n) is 8.66. The molecule has 2 unspecified atom stereocenters. The van der Waals surface area contributed by atoms with E-state index in [1.807, 2.05) is 0 Å². The van der Waals surface area contributed by atoms with Gasteiger partial charge in [-0.25, -0.2) is 0 Å². The number of hydrogen-bond acceptors (Lipinski definition) is 6. The number of thioether (sulfide) groups is 1. The van der Waals surface area contributed by atoms with Gasteiger partial charge in [0.1, 0.15) is 6.04 Å². The molecular weight excluding hydrogens is 533 g/mol. The smallest absolute Gasteiger partial charge is 0.416 e. The zero-order chi connectivity index (χ0) is 26.5. The zero-order valence-electron chi connectivity index (χ0n) is 18.8. The highest BCUT2D eigenvalue weighted by atomic mass is 35.5. The van der Waals surface area contributed by atoms with Crippen molar-refractivity contribution in [1.82, 2.24) is 20.0 Å². The average molecular weight is 551 g/mol. The van der Waals surface area contributed by atoms with Gasteiger partial charge in [-0.2, -0.15) is 18.3 Å². The molecule has 2 amide bonds. The maximum atomic E-state index is 13.5. The van der Waals surface area contributed by atoms with Crippen LogP contribution in [-0.4, -0.2) is 55.5 Å². The van der Waals surface area contributed by atoms with Crippen molar-refractivity contribution in [3.63, 3.8) is 0 Å². The molecule has 1 aromatic heterocycles. The second kappa shape index (κ2) is 9.51. The lowest BCUT2D eigenvalue weighted by Crippen LogP contribution is -2.39. The van der Waals surface area contributed by atoms with Gasteiger partial charge in [-0.15, -0.1) is 0 Å². The minimum atomic E-state index is -4.57. The number of aromatic nitrogens is 2.